The molecule has 1 amide bonds. The van der Waals surface area contributed by atoms with E-state index in [0.29, 0.717) is 12.2 Å². The first-order chi connectivity index (χ1) is 11.5. The molecule has 0 bridgehead atoms. The monoisotopic (exact) mass is 353 g/mol. The van der Waals surface area contributed by atoms with Crippen molar-refractivity contribution in [1.29, 1.82) is 0 Å². The van der Waals surface area contributed by atoms with Gasteiger partial charge in [0.15, 0.2) is 0 Å². The van der Waals surface area contributed by atoms with Gasteiger partial charge in [0.2, 0.25) is 11.6 Å². The van der Waals surface area contributed by atoms with Gasteiger partial charge in [-0.1, -0.05) is 0 Å². The van der Waals surface area contributed by atoms with Crippen LogP contribution in [0.15, 0.2) is 11.0 Å². The second kappa shape index (κ2) is 7.88. The van der Waals surface area contributed by atoms with E-state index in [-0.39, 0.29) is 35.1 Å². The van der Waals surface area contributed by atoms with Crippen molar-refractivity contribution in [2.24, 2.45) is 0 Å². The standard InChI is InChI=1S/C14H15N3O6S/c1-15-14(22)12-10-11(16-17-12)7(18)5-8(13(10)21)24-4-2-3-23-6-9(19)20/h5H,2-4,6H2,1H3,(H,15,22)(H,16,17)(H,19,20). The number of rotatable bonds is 8. The van der Waals surface area contributed by atoms with Crippen molar-refractivity contribution in [3.63, 3.8) is 0 Å². The summed E-state index contributed by atoms with van der Waals surface area (Å²) in [5, 5.41) is 17.0. The molecule has 128 valence electrons. The molecule has 1 aromatic heterocycles. The maximum absolute atomic E-state index is 12.5. The van der Waals surface area contributed by atoms with Gasteiger partial charge in [0.25, 0.3) is 5.91 Å². The zero-order chi connectivity index (χ0) is 17.7. The number of carbonyl (C=O) groups is 4. The Bertz CT molecular complexity index is 724. The zero-order valence-corrected chi connectivity index (χ0v) is 13.6. The Morgan fingerprint density at radius 2 is 2.17 bits per heavy atom. The van der Waals surface area contributed by atoms with Gasteiger partial charge in [-0.15, -0.1) is 11.8 Å². The van der Waals surface area contributed by atoms with E-state index in [1.807, 2.05) is 0 Å². The number of ether oxygens (including phenoxy) is 1. The number of hydrogen-bond donors (Lipinski definition) is 3. The number of fused-ring (bicyclic) bond motifs is 1. The van der Waals surface area contributed by atoms with Gasteiger partial charge in [-0.25, -0.2) is 4.79 Å². The minimum absolute atomic E-state index is 0.0218. The summed E-state index contributed by atoms with van der Waals surface area (Å²) >= 11 is 1.15. The Labute approximate surface area is 140 Å². The van der Waals surface area contributed by atoms with E-state index in [2.05, 4.69) is 15.5 Å². The van der Waals surface area contributed by atoms with E-state index in [1.54, 1.807) is 0 Å². The molecule has 3 N–H and O–H groups in total. The number of nitrogens with zero attached hydrogens (tertiary/aromatic N) is 1. The Balaban J connectivity index is 2.00. The van der Waals surface area contributed by atoms with E-state index >= 15 is 0 Å². The van der Waals surface area contributed by atoms with Crippen LogP contribution in [-0.4, -0.2) is 64.8 Å². The van der Waals surface area contributed by atoms with Gasteiger partial charge in [-0.2, -0.15) is 5.10 Å². The van der Waals surface area contributed by atoms with Crippen LogP contribution in [0.2, 0.25) is 0 Å². The van der Waals surface area contributed by atoms with Crippen LogP contribution in [0, 0.1) is 0 Å². The number of amides is 1. The molecule has 0 spiro atoms. The molecule has 0 aliphatic heterocycles. The number of carboxylic acid groups (broad SMARTS) is 1. The van der Waals surface area contributed by atoms with E-state index in [0.717, 1.165) is 11.8 Å². The lowest BCUT2D eigenvalue weighted by Gasteiger charge is -2.11. The number of H-pyrrole nitrogens is 1. The summed E-state index contributed by atoms with van der Waals surface area (Å²) in [6, 6.07) is 0. The first-order valence-corrected chi connectivity index (χ1v) is 7.97. The van der Waals surface area contributed by atoms with Gasteiger partial charge in [-0.05, 0) is 6.42 Å². The average Bonchev–Trinajstić information content (AvgIpc) is 2.99. The van der Waals surface area contributed by atoms with E-state index < -0.39 is 23.4 Å². The van der Waals surface area contributed by atoms with Crippen LogP contribution in [0.3, 0.4) is 0 Å². The van der Waals surface area contributed by atoms with Crippen LogP contribution >= 0.6 is 11.8 Å². The molecule has 2 rings (SSSR count). The smallest absolute Gasteiger partial charge is 0.329 e. The van der Waals surface area contributed by atoms with Crippen molar-refractivity contribution in [3.8, 4) is 0 Å². The SMILES string of the molecule is CNC(=O)c1[nH]nc2c1C(=O)C(SCCCOCC(=O)O)=CC2=O. The van der Waals surface area contributed by atoms with Gasteiger partial charge in [0.1, 0.15) is 18.0 Å². The Morgan fingerprint density at radius 3 is 2.83 bits per heavy atom. The molecule has 9 nitrogen and oxygen atoms in total. The van der Waals surface area contributed by atoms with Gasteiger partial charge in [-0.3, -0.25) is 19.5 Å². The van der Waals surface area contributed by atoms with Crippen LogP contribution < -0.4 is 5.32 Å². The third kappa shape index (κ3) is 3.89. The Morgan fingerprint density at radius 1 is 1.42 bits per heavy atom. The minimum atomic E-state index is -1.05. The minimum Gasteiger partial charge on any atom is -0.480 e. The number of aromatic amines is 1. The second-order valence-corrected chi connectivity index (χ2v) is 5.89. The molecule has 1 heterocycles. The van der Waals surface area contributed by atoms with Crippen molar-refractivity contribution in [3.05, 3.63) is 27.9 Å². The molecular weight excluding hydrogens is 338 g/mol. The fourth-order valence-electron chi connectivity index (χ4n) is 2.02. The van der Waals surface area contributed by atoms with Crippen LogP contribution in [0.5, 0.6) is 0 Å². The largest absolute Gasteiger partial charge is 0.480 e. The summed E-state index contributed by atoms with van der Waals surface area (Å²) in [6.07, 6.45) is 1.71. The predicted octanol–water partition coefficient (Wildman–Crippen LogP) is 0.257. The van der Waals surface area contributed by atoms with E-state index in [4.69, 9.17) is 9.84 Å². The van der Waals surface area contributed by atoms with E-state index in [9.17, 15) is 19.2 Å². The Hall–Kier alpha value is -2.46. The number of nitrogens with one attached hydrogen (secondary N) is 2. The molecule has 0 atom stereocenters. The maximum atomic E-state index is 12.5. The topological polar surface area (TPSA) is 138 Å². The highest BCUT2D eigenvalue weighted by Crippen LogP contribution is 2.29. The number of aromatic nitrogens is 2. The van der Waals surface area contributed by atoms with Crippen molar-refractivity contribution < 1.29 is 29.0 Å². The van der Waals surface area contributed by atoms with Crippen LogP contribution in [0.1, 0.15) is 37.8 Å². The van der Waals surface area contributed by atoms with Gasteiger partial charge in [0.05, 0.1) is 10.5 Å². The summed E-state index contributed by atoms with van der Waals surface area (Å²) < 4.78 is 4.89. The fraction of sp³-hybridized carbons (Fsp3) is 0.357. The third-order valence-corrected chi connectivity index (χ3v) is 4.19. The van der Waals surface area contributed by atoms with Crippen molar-refractivity contribution >= 4 is 35.2 Å². The van der Waals surface area contributed by atoms with Gasteiger partial charge >= 0.3 is 5.97 Å². The second-order valence-electron chi connectivity index (χ2n) is 4.75. The summed E-state index contributed by atoms with van der Waals surface area (Å²) in [6.45, 7) is -0.145. The first-order valence-electron chi connectivity index (χ1n) is 6.99. The molecular formula is C14H15N3O6S. The molecule has 1 aliphatic carbocycles. The van der Waals surface area contributed by atoms with Gasteiger partial charge in [0, 0.05) is 25.5 Å². The molecule has 1 aromatic rings. The summed E-state index contributed by atoms with van der Waals surface area (Å²) in [5.74, 6) is -1.99. The fourth-order valence-corrected chi connectivity index (χ4v) is 2.92. The number of allylic oxidation sites excluding steroid dienone is 2. The summed E-state index contributed by atoms with van der Waals surface area (Å²) in [4.78, 5) is 46.8. The zero-order valence-electron chi connectivity index (χ0n) is 12.7. The van der Waals surface area contributed by atoms with Crippen LogP contribution in [0.25, 0.3) is 0 Å². The summed E-state index contributed by atoms with van der Waals surface area (Å²) in [7, 11) is 1.41. The number of Topliss-reactive ketones (excluding diaryl/α,β-unsaturated/α-hetero) is 1. The average molecular weight is 353 g/mol. The normalized spacial score (nSPS) is 13.5. The van der Waals surface area contributed by atoms with Crippen LogP contribution in [-0.2, 0) is 9.53 Å². The molecule has 0 radical (unpaired) electrons. The maximum Gasteiger partial charge on any atom is 0.329 e. The van der Waals surface area contributed by atoms with Crippen LogP contribution in [0.4, 0.5) is 0 Å². The van der Waals surface area contributed by atoms with Crippen molar-refractivity contribution in [2.75, 3.05) is 26.0 Å². The lowest BCUT2D eigenvalue weighted by Crippen LogP contribution is -2.23. The van der Waals surface area contributed by atoms with E-state index in [1.165, 1.54) is 13.1 Å². The number of aliphatic carboxylic acids is 1. The highest BCUT2D eigenvalue weighted by Gasteiger charge is 2.33. The third-order valence-electron chi connectivity index (χ3n) is 3.08. The highest BCUT2D eigenvalue weighted by molar-refractivity contribution is 8.04. The quantitative estimate of drug-likeness (QED) is 0.566. The molecule has 24 heavy (non-hydrogen) atoms. The number of carbonyl (C=O) groups excluding carboxylic acids is 3. The molecule has 0 saturated carbocycles. The number of hydrogen-bond acceptors (Lipinski definition) is 7. The lowest BCUT2D eigenvalue weighted by molar-refractivity contribution is -0.142. The predicted molar refractivity (Wildman–Crippen MR) is 84.3 cm³/mol. The molecule has 0 saturated heterocycles. The number of carboxylic acids is 1. The molecule has 0 aromatic carbocycles. The molecule has 0 unspecified atom stereocenters. The first kappa shape index (κ1) is 17.9. The lowest BCUT2D eigenvalue weighted by atomic mass is 9.99. The molecule has 1 aliphatic rings. The summed E-state index contributed by atoms with van der Waals surface area (Å²) in [5.41, 5.74) is -0.124. The molecule has 0 fully saturated rings. The molecule has 10 heteroatoms. The highest BCUT2D eigenvalue weighted by atomic mass is 32.2. The number of ketones is 2. The van der Waals surface area contributed by atoms with Crippen molar-refractivity contribution in [1.82, 2.24) is 15.5 Å². The van der Waals surface area contributed by atoms with Gasteiger partial charge < -0.3 is 15.2 Å². The number of thioether (sulfide) groups is 1. The van der Waals surface area contributed by atoms with Crippen molar-refractivity contribution in [2.45, 2.75) is 6.42 Å². The Kier molecular flexibility index (Phi) is 5.88.